The summed E-state index contributed by atoms with van der Waals surface area (Å²) in [6, 6.07) is 25.0. The highest BCUT2D eigenvalue weighted by Gasteiger charge is 2.15. The molecular weight excluding hydrogens is 408 g/mol. The zero-order chi connectivity index (χ0) is 21.5. The fourth-order valence-corrected chi connectivity index (χ4v) is 3.83. The van der Waals surface area contributed by atoms with Crippen LogP contribution in [-0.2, 0) is 17.9 Å². The highest BCUT2D eigenvalue weighted by molar-refractivity contribution is 7.09. The molecule has 0 saturated heterocycles. The minimum atomic E-state index is -0.247. The lowest BCUT2D eigenvalue weighted by molar-refractivity contribution is -0.123. The largest absolute Gasteiger partial charge is 0.483 e. The molecule has 0 atom stereocenters. The molecule has 4 rings (SSSR count). The number of fused-ring (bicyclic) bond motifs is 1. The molecule has 0 spiro atoms. The second kappa shape index (κ2) is 9.91. The molecular formula is C25H22N2O3S. The summed E-state index contributed by atoms with van der Waals surface area (Å²) < 4.78 is 5.78. The maximum atomic E-state index is 12.9. The zero-order valence-corrected chi connectivity index (χ0v) is 17.7. The first kappa shape index (κ1) is 20.6. The number of hydrogen-bond donors (Lipinski definition) is 2. The van der Waals surface area contributed by atoms with Gasteiger partial charge in [-0.1, -0.05) is 60.7 Å². The molecule has 1 heterocycles. The van der Waals surface area contributed by atoms with Crippen LogP contribution in [0.15, 0.2) is 84.2 Å². The van der Waals surface area contributed by atoms with Crippen LogP contribution in [0.25, 0.3) is 10.8 Å². The van der Waals surface area contributed by atoms with Gasteiger partial charge in [-0.3, -0.25) is 9.59 Å². The fourth-order valence-electron chi connectivity index (χ4n) is 3.18. The van der Waals surface area contributed by atoms with E-state index in [0.717, 1.165) is 21.2 Å². The van der Waals surface area contributed by atoms with Crippen LogP contribution in [0.1, 0.15) is 20.8 Å². The minimum absolute atomic E-state index is 0.164. The molecule has 5 nitrogen and oxygen atoms in total. The summed E-state index contributed by atoms with van der Waals surface area (Å²) in [5, 5.41) is 9.61. The molecule has 2 amide bonds. The van der Waals surface area contributed by atoms with Crippen molar-refractivity contribution < 1.29 is 14.3 Å². The van der Waals surface area contributed by atoms with Gasteiger partial charge in [-0.25, -0.2) is 0 Å². The maximum Gasteiger partial charge on any atom is 0.258 e. The van der Waals surface area contributed by atoms with E-state index >= 15 is 0 Å². The summed E-state index contributed by atoms with van der Waals surface area (Å²) in [5.41, 5.74) is 1.41. The number of thiophene rings is 1. The van der Waals surface area contributed by atoms with Crippen molar-refractivity contribution in [3.8, 4) is 5.75 Å². The minimum Gasteiger partial charge on any atom is -0.483 e. The topological polar surface area (TPSA) is 67.4 Å². The Labute approximate surface area is 184 Å². The molecule has 0 fully saturated rings. The van der Waals surface area contributed by atoms with Crippen molar-refractivity contribution in [1.29, 1.82) is 0 Å². The number of benzene rings is 3. The van der Waals surface area contributed by atoms with E-state index in [1.165, 1.54) is 0 Å². The monoisotopic (exact) mass is 430 g/mol. The molecule has 0 radical (unpaired) electrons. The molecule has 1 aromatic heterocycles. The van der Waals surface area contributed by atoms with E-state index in [-0.39, 0.29) is 18.4 Å². The lowest BCUT2D eigenvalue weighted by atomic mass is 10.1. The molecule has 0 aliphatic carbocycles. The second-order valence-electron chi connectivity index (χ2n) is 7.01. The Morgan fingerprint density at radius 2 is 1.55 bits per heavy atom. The normalized spacial score (nSPS) is 10.6. The predicted octanol–water partition coefficient (Wildman–Crippen LogP) is 4.53. The van der Waals surface area contributed by atoms with Gasteiger partial charge in [0, 0.05) is 11.4 Å². The van der Waals surface area contributed by atoms with E-state index in [2.05, 4.69) is 10.6 Å². The molecule has 0 aliphatic rings. The predicted molar refractivity (Wildman–Crippen MR) is 123 cm³/mol. The fraction of sp³-hybridized carbons (Fsp3) is 0.120. The van der Waals surface area contributed by atoms with E-state index in [1.54, 1.807) is 23.5 Å². The Bertz CT molecular complexity index is 1170. The first-order valence-electron chi connectivity index (χ1n) is 9.96. The van der Waals surface area contributed by atoms with Gasteiger partial charge in [-0.05, 0) is 39.9 Å². The summed E-state index contributed by atoms with van der Waals surface area (Å²) in [4.78, 5) is 26.2. The van der Waals surface area contributed by atoms with Gasteiger partial charge in [-0.2, -0.15) is 0 Å². The zero-order valence-electron chi connectivity index (χ0n) is 16.8. The van der Waals surface area contributed by atoms with E-state index < -0.39 is 0 Å². The Balaban J connectivity index is 1.47. The van der Waals surface area contributed by atoms with Crippen molar-refractivity contribution >= 4 is 33.9 Å². The van der Waals surface area contributed by atoms with Crippen LogP contribution in [0, 0.1) is 0 Å². The lowest BCUT2D eigenvalue weighted by Gasteiger charge is -2.13. The van der Waals surface area contributed by atoms with Crippen molar-refractivity contribution in [1.82, 2.24) is 10.6 Å². The first-order chi connectivity index (χ1) is 15.2. The Morgan fingerprint density at radius 3 is 2.29 bits per heavy atom. The SMILES string of the molecule is O=C(COc1cc2ccccc2cc1C(=O)NCc1ccccc1)NCc1cccs1. The number of nitrogens with one attached hydrogen (secondary N) is 2. The van der Waals surface area contributed by atoms with Crippen molar-refractivity contribution in [3.63, 3.8) is 0 Å². The van der Waals surface area contributed by atoms with Gasteiger partial charge in [0.25, 0.3) is 11.8 Å². The van der Waals surface area contributed by atoms with Crippen LogP contribution in [0.5, 0.6) is 5.75 Å². The van der Waals surface area contributed by atoms with Crippen molar-refractivity contribution in [3.05, 3.63) is 100 Å². The molecule has 2 N–H and O–H groups in total. The van der Waals surface area contributed by atoms with Gasteiger partial charge in [-0.15, -0.1) is 11.3 Å². The van der Waals surface area contributed by atoms with Gasteiger partial charge in [0.15, 0.2) is 6.61 Å². The Hall–Kier alpha value is -3.64. The second-order valence-corrected chi connectivity index (χ2v) is 8.04. The van der Waals surface area contributed by atoms with E-state index in [4.69, 9.17) is 4.74 Å². The molecule has 0 saturated carbocycles. The standard InChI is InChI=1S/C25H22N2O3S/c28-24(26-16-21-11-6-12-31-21)17-30-23-14-20-10-5-4-9-19(20)13-22(23)25(29)27-15-18-7-2-1-3-8-18/h1-14H,15-17H2,(H,26,28)(H,27,29). The van der Waals surface area contributed by atoms with Gasteiger partial charge < -0.3 is 15.4 Å². The summed E-state index contributed by atoms with van der Waals surface area (Å²) in [5.74, 6) is -0.101. The summed E-state index contributed by atoms with van der Waals surface area (Å²) in [6.45, 7) is 0.706. The Kier molecular flexibility index (Phi) is 6.59. The molecule has 156 valence electrons. The van der Waals surface area contributed by atoms with Gasteiger partial charge in [0.1, 0.15) is 5.75 Å². The third kappa shape index (κ3) is 5.49. The van der Waals surface area contributed by atoms with Crippen LogP contribution >= 0.6 is 11.3 Å². The van der Waals surface area contributed by atoms with Crippen LogP contribution in [0.4, 0.5) is 0 Å². The third-order valence-corrected chi connectivity index (χ3v) is 5.66. The molecule has 4 aromatic rings. The lowest BCUT2D eigenvalue weighted by Crippen LogP contribution is -2.29. The quantitative estimate of drug-likeness (QED) is 0.432. The Morgan fingerprint density at radius 1 is 0.806 bits per heavy atom. The van der Waals surface area contributed by atoms with Gasteiger partial charge >= 0.3 is 0 Å². The third-order valence-electron chi connectivity index (χ3n) is 4.79. The molecule has 6 heteroatoms. The van der Waals surface area contributed by atoms with Crippen LogP contribution < -0.4 is 15.4 Å². The average molecular weight is 431 g/mol. The summed E-state index contributed by atoms with van der Waals surface area (Å²) in [7, 11) is 0. The van der Waals surface area contributed by atoms with Gasteiger partial charge in [0.2, 0.25) is 0 Å². The van der Waals surface area contributed by atoms with Crippen molar-refractivity contribution in [2.24, 2.45) is 0 Å². The maximum absolute atomic E-state index is 12.9. The molecule has 0 aliphatic heterocycles. The number of hydrogen-bond acceptors (Lipinski definition) is 4. The number of ether oxygens (including phenoxy) is 1. The van der Waals surface area contributed by atoms with Crippen LogP contribution in [-0.4, -0.2) is 18.4 Å². The molecule has 0 bridgehead atoms. The summed E-state index contributed by atoms with van der Waals surface area (Å²) >= 11 is 1.58. The number of carbonyl (C=O) groups excluding carboxylic acids is 2. The molecule has 0 unspecified atom stereocenters. The highest BCUT2D eigenvalue weighted by atomic mass is 32.1. The number of carbonyl (C=O) groups is 2. The highest BCUT2D eigenvalue weighted by Crippen LogP contribution is 2.26. The average Bonchev–Trinajstić information content (AvgIpc) is 3.33. The van der Waals surface area contributed by atoms with Crippen molar-refractivity contribution in [2.45, 2.75) is 13.1 Å². The van der Waals surface area contributed by atoms with Crippen LogP contribution in [0.3, 0.4) is 0 Å². The van der Waals surface area contributed by atoms with E-state index in [0.29, 0.717) is 24.4 Å². The molecule has 3 aromatic carbocycles. The van der Waals surface area contributed by atoms with Crippen molar-refractivity contribution in [2.75, 3.05) is 6.61 Å². The molecule has 31 heavy (non-hydrogen) atoms. The van der Waals surface area contributed by atoms with E-state index in [1.807, 2.05) is 72.1 Å². The number of amides is 2. The smallest absolute Gasteiger partial charge is 0.258 e. The first-order valence-corrected chi connectivity index (χ1v) is 10.8. The number of rotatable bonds is 8. The summed E-state index contributed by atoms with van der Waals surface area (Å²) in [6.07, 6.45) is 0. The van der Waals surface area contributed by atoms with E-state index in [9.17, 15) is 9.59 Å². The van der Waals surface area contributed by atoms with Crippen LogP contribution in [0.2, 0.25) is 0 Å². The van der Waals surface area contributed by atoms with Gasteiger partial charge in [0.05, 0.1) is 12.1 Å².